The standard InChI is InChI=1S/C19H21N5O2/c25-18-16-6-14(22-19-21-7-13-10-26-11-17(13)23-19)4-3-12(16)9-24(18)15-2-1-5-20-8-15/h3-4,6-7,15,20H,1-2,5,8-11H2,(H,21,22,23). The number of aromatic nitrogens is 2. The molecule has 1 atom stereocenters. The molecule has 2 aromatic rings. The van der Waals surface area contributed by atoms with Gasteiger partial charge in [-0.05, 0) is 37.1 Å². The number of hydrogen-bond donors (Lipinski definition) is 2. The maximum Gasteiger partial charge on any atom is 0.254 e. The quantitative estimate of drug-likeness (QED) is 0.880. The molecule has 5 rings (SSSR count). The summed E-state index contributed by atoms with van der Waals surface area (Å²) in [6.07, 6.45) is 3.99. The van der Waals surface area contributed by atoms with Crippen LogP contribution in [0.15, 0.2) is 24.4 Å². The van der Waals surface area contributed by atoms with Crippen LogP contribution in [0.2, 0.25) is 0 Å². The van der Waals surface area contributed by atoms with Crippen molar-refractivity contribution in [3.63, 3.8) is 0 Å². The van der Waals surface area contributed by atoms with Crippen molar-refractivity contribution in [1.82, 2.24) is 20.2 Å². The Bertz CT molecular complexity index is 863. The number of piperidine rings is 1. The molecule has 1 aromatic carbocycles. The molecule has 4 heterocycles. The number of fused-ring (bicyclic) bond motifs is 2. The van der Waals surface area contributed by atoms with E-state index in [9.17, 15) is 4.79 Å². The van der Waals surface area contributed by atoms with Crippen molar-refractivity contribution < 1.29 is 9.53 Å². The van der Waals surface area contributed by atoms with E-state index in [1.54, 1.807) is 6.20 Å². The molecule has 134 valence electrons. The van der Waals surface area contributed by atoms with E-state index in [2.05, 4.69) is 20.6 Å². The number of hydrogen-bond acceptors (Lipinski definition) is 6. The number of nitrogens with one attached hydrogen (secondary N) is 2. The molecule has 2 N–H and O–H groups in total. The fraction of sp³-hybridized carbons (Fsp3) is 0.421. The number of rotatable bonds is 3. The third-order valence-electron chi connectivity index (χ3n) is 5.36. The van der Waals surface area contributed by atoms with Crippen molar-refractivity contribution in [1.29, 1.82) is 0 Å². The molecule has 1 saturated heterocycles. The van der Waals surface area contributed by atoms with Gasteiger partial charge in [-0.25, -0.2) is 9.97 Å². The van der Waals surface area contributed by atoms with E-state index in [0.29, 0.717) is 31.7 Å². The van der Waals surface area contributed by atoms with E-state index in [-0.39, 0.29) is 5.91 Å². The summed E-state index contributed by atoms with van der Waals surface area (Å²) in [7, 11) is 0. The summed E-state index contributed by atoms with van der Waals surface area (Å²) in [4.78, 5) is 23.7. The van der Waals surface area contributed by atoms with Crippen LogP contribution in [0.1, 0.15) is 40.0 Å². The van der Waals surface area contributed by atoms with Crippen LogP contribution in [0.4, 0.5) is 11.6 Å². The van der Waals surface area contributed by atoms with Crippen LogP contribution < -0.4 is 10.6 Å². The average Bonchev–Trinajstić information content (AvgIpc) is 3.27. The van der Waals surface area contributed by atoms with Gasteiger partial charge in [0.15, 0.2) is 0 Å². The first kappa shape index (κ1) is 15.7. The largest absolute Gasteiger partial charge is 0.370 e. The first-order valence-corrected chi connectivity index (χ1v) is 9.12. The maximum atomic E-state index is 12.9. The average molecular weight is 351 g/mol. The molecule has 7 heteroatoms. The first-order chi connectivity index (χ1) is 12.8. The molecular formula is C19H21N5O2. The molecule has 3 aliphatic heterocycles. The fourth-order valence-electron chi connectivity index (χ4n) is 3.93. The minimum atomic E-state index is 0.126. The Morgan fingerprint density at radius 1 is 1.27 bits per heavy atom. The minimum Gasteiger partial charge on any atom is -0.370 e. The molecule has 1 amide bonds. The van der Waals surface area contributed by atoms with Crippen LogP contribution >= 0.6 is 0 Å². The second-order valence-corrected chi connectivity index (χ2v) is 7.09. The van der Waals surface area contributed by atoms with Crippen LogP contribution in [-0.2, 0) is 24.5 Å². The zero-order valence-electron chi connectivity index (χ0n) is 14.5. The van der Waals surface area contributed by atoms with Crippen molar-refractivity contribution in [3.05, 3.63) is 46.8 Å². The molecule has 0 aliphatic carbocycles. The van der Waals surface area contributed by atoms with E-state index >= 15 is 0 Å². The van der Waals surface area contributed by atoms with Gasteiger partial charge in [0.25, 0.3) is 5.91 Å². The Balaban J connectivity index is 1.36. The number of benzene rings is 1. The highest BCUT2D eigenvalue weighted by Gasteiger charge is 2.33. The Morgan fingerprint density at radius 2 is 2.23 bits per heavy atom. The lowest BCUT2D eigenvalue weighted by molar-refractivity contribution is 0.0674. The molecule has 1 fully saturated rings. The van der Waals surface area contributed by atoms with Gasteiger partial charge < -0.3 is 20.3 Å². The number of nitrogens with zero attached hydrogens (tertiary/aromatic N) is 3. The summed E-state index contributed by atoms with van der Waals surface area (Å²) in [6.45, 7) is 3.74. The first-order valence-electron chi connectivity index (χ1n) is 9.12. The number of carbonyl (C=O) groups excluding carboxylic acids is 1. The second-order valence-electron chi connectivity index (χ2n) is 7.09. The van der Waals surface area contributed by atoms with Gasteiger partial charge in [0, 0.05) is 42.1 Å². The van der Waals surface area contributed by atoms with Crippen LogP contribution in [0, 0.1) is 0 Å². The highest BCUT2D eigenvalue weighted by Crippen LogP contribution is 2.30. The van der Waals surface area contributed by atoms with Gasteiger partial charge in [0.05, 0.1) is 18.9 Å². The lowest BCUT2D eigenvalue weighted by Crippen LogP contribution is -2.46. The lowest BCUT2D eigenvalue weighted by Gasteiger charge is -2.31. The summed E-state index contributed by atoms with van der Waals surface area (Å²) in [5.41, 5.74) is 4.67. The monoisotopic (exact) mass is 351 g/mol. The normalized spacial score (nSPS) is 21.6. The van der Waals surface area contributed by atoms with Crippen LogP contribution in [0.3, 0.4) is 0 Å². The zero-order valence-corrected chi connectivity index (χ0v) is 14.5. The maximum absolute atomic E-state index is 12.9. The molecule has 0 radical (unpaired) electrons. The van der Waals surface area contributed by atoms with Gasteiger partial charge in [0.1, 0.15) is 0 Å². The summed E-state index contributed by atoms with van der Waals surface area (Å²) >= 11 is 0. The van der Waals surface area contributed by atoms with Gasteiger partial charge in [-0.3, -0.25) is 4.79 Å². The number of ether oxygens (including phenoxy) is 1. The molecular weight excluding hydrogens is 330 g/mol. The van der Waals surface area contributed by atoms with Gasteiger partial charge in [-0.1, -0.05) is 6.07 Å². The van der Waals surface area contributed by atoms with E-state index < -0.39 is 0 Å². The second kappa shape index (κ2) is 6.34. The molecule has 0 bridgehead atoms. The van der Waals surface area contributed by atoms with E-state index in [0.717, 1.165) is 54.0 Å². The van der Waals surface area contributed by atoms with Gasteiger partial charge in [-0.2, -0.15) is 0 Å². The topological polar surface area (TPSA) is 79.4 Å². The van der Waals surface area contributed by atoms with E-state index in [1.165, 1.54) is 0 Å². The van der Waals surface area contributed by atoms with E-state index in [1.807, 2.05) is 23.1 Å². The Kier molecular flexibility index (Phi) is 3.83. The van der Waals surface area contributed by atoms with Crippen molar-refractivity contribution in [2.24, 2.45) is 0 Å². The molecule has 26 heavy (non-hydrogen) atoms. The highest BCUT2D eigenvalue weighted by atomic mass is 16.5. The van der Waals surface area contributed by atoms with Gasteiger partial charge in [-0.15, -0.1) is 0 Å². The Labute approximate surface area is 151 Å². The van der Waals surface area contributed by atoms with Crippen molar-refractivity contribution >= 4 is 17.5 Å². The SMILES string of the molecule is O=C1c2cc(Nc3ncc4c(n3)COC4)ccc2CN1C1CCCNC1. The smallest absolute Gasteiger partial charge is 0.254 e. The molecule has 1 unspecified atom stereocenters. The van der Waals surface area contributed by atoms with E-state index in [4.69, 9.17) is 4.74 Å². The van der Waals surface area contributed by atoms with Crippen LogP contribution in [0.5, 0.6) is 0 Å². The summed E-state index contributed by atoms with van der Waals surface area (Å²) in [6, 6.07) is 6.23. The summed E-state index contributed by atoms with van der Waals surface area (Å²) < 4.78 is 5.38. The van der Waals surface area contributed by atoms with Crippen molar-refractivity contribution in [2.45, 2.75) is 38.6 Å². The molecule has 1 aromatic heterocycles. The zero-order chi connectivity index (χ0) is 17.5. The Morgan fingerprint density at radius 3 is 3.12 bits per heavy atom. The highest BCUT2D eigenvalue weighted by molar-refractivity contribution is 5.99. The van der Waals surface area contributed by atoms with Crippen LogP contribution in [-0.4, -0.2) is 39.9 Å². The van der Waals surface area contributed by atoms with Crippen LogP contribution in [0.25, 0.3) is 0 Å². The molecule has 0 spiro atoms. The lowest BCUT2D eigenvalue weighted by atomic mass is 10.1. The third kappa shape index (κ3) is 2.73. The number of anilines is 2. The summed E-state index contributed by atoms with van der Waals surface area (Å²) in [5.74, 6) is 0.661. The predicted octanol–water partition coefficient (Wildman–Crippen LogP) is 1.96. The third-order valence-corrected chi connectivity index (χ3v) is 5.36. The van der Waals surface area contributed by atoms with Gasteiger partial charge >= 0.3 is 0 Å². The number of amides is 1. The molecule has 0 saturated carbocycles. The fourth-order valence-corrected chi connectivity index (χ4v) is 3.93. The molecule has 3 aliphatic rings. The predicted molar refractivity (Wildman–Crippen MR) is 96.0 cm³/mol. The van der Waals surface area contributed by atoms with Crippen molar-refractivity contribution in [2.75, 3.05) is 18.4 Å². The molecule has 7 nitrogen and oxygen atoms in total. The Hall–Kier alpha value is -2.51. The number of carbonyl (C=O) groups is 1. The van der Waals surface area contributed by atoms with Crippen molar-refractivity contribution in [3.8, 4) is 0 Å². The van der Waals surface area contributed by atoms with Gasteiger partial charge in [0.2, 0.25) is 5.95 Å². The summed E-state index contributed by atoms with van der Waals surface area (Å²) in [5, 5.41) is 6.61. The minimum absolute atomic E-state index is 0.126.